The average molecular weight is 270 g/mol. The first-order valence-electron chi connectivity index (χ1n) is 6.08. The van der Waals surface area contributed by atoms with E-state index in [1.54, 1.807) is 12.1 Å². The van der Waals surface area contributed by atoms with Crippen LogP contribution in [0.15, 0.2) is 18.2 Å². The smallest absolute Gasteiger partial charge is 0.337 e. The van der Waals surface area contributed by atoms with Crippen molar-refractivity contribution < 1.29 is 9.90 Å². The molecule has 1 unspecified atom stereocenters. The zero-order chi connectivity index (χ0) is 13.9. The number of carboxylic acid groups (broad SMARTS) is 1. The maximum absolute atomic E-state index is 11.2. The van der Waals surface area contributed by atoms with Crippen molar-refractivity contribution in [2.45, 2.75) is 33.2 Å². The van der Waals surface area contributed by atoms with Crippen LogP contribution in [-0.2, 0) is 0 Å². The number of halogens is 1. The van der Waals surface area contributed by atoms with E-state index in [4.69, 9.17) is 11.6 Å². The van der Waals surface area contributed by atoms with Gasteiger partial charge in [-0.15, -0.1) is 0 Å². The minimum absolute atomic E-state index is 0.251. The Labute approximate surface area is 113 Å². The number of carbonyl (C=O) groups is 1. The fraction of sp³-hybridized carbons (Fsp3) is 0.500. The van der Waals surface area contributed by atoms with Gasteiger partial charge in [-0.2, -0.15) is 0 Å². The molecule has 0 saturated heterocycles. The largest absolute Gasteiger partial charge is 0.478 e. The normalized spacial score (nSPS) is 12.6. The van der Waals surface area contributed by atoms with Crippen LogP contribution in [0.4, 0.5) is 5.69 Å². The van der Waals surface area contributed by atoms with Crippen LogP contribution >= 0.6 is 11.6 Å². The van der Waals surface area contributed by atoms with E-state index < -0.39 is 5.97 Å². The topological polar surface area (TPSA) is 40.5 Å². The van der Waals surface area contributed by atoms with Crippen molar-refractivity contribution in [3.63, 3.8) is 0 Å². The molecule has 1 N–H and O–H groups in total. The molecular weight excluding hydrogens is 250 g/mol. The summed E-state index contributed by atoms with van der Waals surface area (Å²) in [5.41, 5.74) is 0.959. The van der Waals surface area contributed by atoms with Gasteiger partial charge < -0.3 is 10.0 Å². The van der Waals surface area contributed by atoms with Gasteiger partial charge in [-0.3, -0.25) is 0 Å². The molecule has 100 valence electrons. The van der Waals surface area contributed by atoms with Crippen LogP contribution in [-0.4, -0.2) is 24.2 Å². The van der Waals surface area contributed by atoms with Crippen molar-refractivity contribution >= 4 is 23.3 Å². The van der Waals surface area contributed by atoms with Crippen LogP contribution in [0.3, 0.4) is 0 Å². The van der Waals surface area contributed by atoms with Crippen molar-refractivity contribution in [2.24, 2.45) is 5.92 Å². The van der Waals surface area contributed by atoms with Crippen molar-refractivity contribution in [3.05, 3.63) is 28.8 Å². The maximum Gasteiger partial charge on any atom is 0.337 e. The Kier molecular flexibility index (Phi) is 5.03. The third-order valence-corrected chi connectivity index (χ3v) is 3.28. The van der Waals surface area contributed by atoms with Gasteiger partial charge in [0.1, 0.15) is 0 Å². The molecule has 1 aromatic rings. The van der Waals surface area contributed by atoms with Gasteiger partial charge in [-0.1, -0.05) is 25.4 Å². The molecule has 1 atom stereocenters. The molecule has 0 aromatic heterocycles. The van der Waals surface area contributed by atoms with Crippen molar-refractivity contribution in [3.8, 4) is 0 Å². The third kappa shape index (κ3) is 3.64. The van der Waals surface area contributed by atoms with Crippen molar-refractivity contribution in [1.82, 2.24) is 0 Å². The van der Waals surface area contributed by atoms with Crippen LogP contribution in [0.25, 0.3) is 0 Å². The van der Waals surface area contributed by atoms with Gasteiger partial charge in [0.2, 0.25) is 0 Å². The molecule has 0 spiro atoms. The molecule has 0 aliphatic carbocycles. The molecule has 0 amide bonds. The summed E-state index contributed by atoms with van der Waals surface area (Å²) in [6.07, 6.45) is 1.01. The number of hydrogen-bond donors (Lipinski definition) is 1. The molecule has 0 aliphatic heterocycles. The molecule has 0 bridgehead atoms. The zero-order valence-corrected chi connectivity index (χ0v) is 12.0. The maximum atomic E-state index is 11.2. The number of aromatic carboxylic acids is 1. The van der Waals surface area contributed by atoms with Crippen molar-refractivity contribution in [1.29, 1.82) is 0 Å². The van der Waals surface area contributed by atoms with Crippen LogP contribution < -0.4 is 4.90 Å². The Hall–Kier alpha value is -1.22. The summed E-state index contributed by atoms with van der Waals surface area (Å²) in [6.45, 7) is 6.41. The van der Waals surface area contributed by atoms with Crippen LogP contribution in [0.2, 0.25) is 5.02 Å². The molecule has 1 rings (SSSR count). The van der Waals surface area contributed by atoms with E-state index in [1.165, 1.54) is 6.07 Å². The molecule has 0 aliphatic rings. The van der Waals surface area contributed by atoms with Gasteiger partial charge in [-0.05, 0) is 37.5 Å². The van der Waals surface area contributed by atoms with E-state index in [9.17, 15) is 9.90 Å². The van der Waals surface area contributed by atoms with Gasteiger partial charge in [0.05, 0.1) is 11.3 Å². The second-order valence-corrected chi connectivity index (χ2v) is 5.49. The summed E-state index contributed by atoms with van der Waals surface area (Å²) < 4.78 is 0. The lowest BCUT2D eigenvalue weighted by molar-refractivity contribution is 0.0697. The number of carboxylic acids is 1. The highest BCUT2D eigenvalue weighted by molar-refractivity contribution is 6.31. The monoisotopic (exact) mass is 269 g/mol. The highest BCUT2D eigenvalue weighted by Crippen LogP contribution is 2.26. The Morgan fingerprint density at radius 1 is 1.39 bits per heavy atom. The Balaban J connectivity index is 3.04. The number of nitrogens with zero attached hydrogens (tertiary/aromatic N) is 1. The fourth-order valence-corrected chi connectivity index (χ4v) is 2.24. The SMILES string of the molecule is CC(C)CC(C)N(C)c1ccc(Cl)cc1C(=O)O. The second-order valence-electron chi connectivity index (χ2n) is 5.06. The Bertz CT molecular complexity index is 432. The van der Waals surface area contributed by atoms with E-state index in [0.29, 0.717) is 16.6 Å². The average Bonchev–Trinajstić information content (AvgIpc) is 2.26. The molecule has 1 aromatic carbocycles. The van der Waals surface area contributed by atoms with Gasteiger partial charge in [-0.25, -0.2) is 4.79 Å². The standard InChI is InChI=1S/C14H20ClNO2/c1-9(2)7-10(3)16(4)13-6-5-11(15)8-12(13)14(17)18/h5-6,8-10H,7H2,1-4H3,(H,17,18). The van der Waals surface area contributed by atoms with Crippen LogP contribution in [0.5, 0.6) is 0 Å². The molecule has 18 heavy (non-hydrogen) atoms. The number of anilines is 1. The third-order valence-electron chi connectivity index (χ3n) is 3.04. The highest BCUT2D eigenvalue weighted by Gasteiger charge is 2.18. The fourth-order valence-electron chi connectivity index (χ4n) is 2.06. The number of benzene rings is 1. The van der Waals surface area contributed by atoms with Crippen molar-refractivity contribution in [2.75, 3.05) is 11.9 Å². The zero-order valence-electron chi connectivity index (χ0n) is 11.3. The quantitative estimate of drug-likeness (QED) is 0.881. The summed E-state index contributed by atoms with van der Waals surface area (Å²) in [5, 5.41) is 9.66. The predicted octanol–water partition coefficient (Wildman–Crippen LogP) is 3.91. The molecular formula is C14H20ClNO2. The molecule has 0 saturated carbocycles. The van der Waals surface area contributed by atoms with E-state index in [0.717, 1.165) is 6.42 Å². The number of hydrogen-bond acceptors (Lipinski definition) is 2. The van der Waals surface area contributed by atoms with Gasteiger partial charge in [0, 0.05) is 18.1 Å². The molecule has 0 radical (unpaired) electrons. The minimum atomic E-state index is -0.948. The van der Waals surface area contributed by atoms with E-state index in [1.807, 2.05) is 11.9 Å². The highest BCUT2D eigenvalue weighted by atomic mass is 35.5. The first-order chi connectivity index (χ1) is 8.32. The summed E-state index contributed by atoms with van der Waals surface area (Å²) in [6, 6.07) is 5.27. The Morgan fingerprint density at radius 3 is 2.50 bits per heavy atom. The Morgan fingerprint density at radius 2 is 2.00 bits per heavy atom. The first-order valence-corrected chi connectivity index (χ1v) is 6.46. The first kappa shape index (κ1) is 14.8. The van der Waals surface area contributed by atoms with Crippen LogP contribution in [0.1, 0.15) is 37.6 Å². The minimum Gasteiger partial charge on any atom is -0.478 e. The second kappa shape index (κ2) is 6.10. The van der Waals surface area contributed by atoms with E-state index in [-0.39, 0.29) is 11.6 Å². The molecule has 3 nitrogen and oxygen atoms in total. The summed E-state index contributed by atoms with van der Waals surface area (Å²) in [7, 11) is 1.92. The number of rotatable bonds is 5. The van der Waals surface area contributed by atoms with Gasteiger partial charge >= 0.3 is 5.97 Å². The summed E-state index contributed by atoms with van der Waals surface area (Å²) >= 11 is 5.85. The predicted molar refractivity (Wildman–Crippen MR) is 75.7 cm³/mol. The van der Waals surface area contributed by atoms with E-state index in [2.05, 4.69) is 20.8 Å². The lowest BCUT2D eigenvalue weighted by atomic mass is 10.0. The van der Waals surface area contributed by atoms with Gasteiger partial charge in [0.15, 0.2) is 0 Å². The summed E-state index contributed by atoms with van der Waals surface area (Å²) in [5.74, 6) is -0.376. The summed E-state index contributed by atoms with van der Waals surface area (Å²) in [4.78, 5) is 13.2. The van der Waals surface area contributed by atoms with Crippen LogP contribution in [0, 0.1) is 5.92 Å². The van der Waals surface area contributed by atoms with E-state index >= 15 is 0 Å². The molecule has 0 fully saturated rings. The lowest BCUT2D eigenvalue weighted by Crippen LogP contribution is -2.31. The molecule has 4 heteroatoms. The lowest BCUT2D eigenvalue weighted by Gasteiger charge is -2.29. The van der Waals surface area contributed by atoms with Gasteiger partial charge in [0.25, 0.3) is 0 Å². The molecule has 0 heterocycles.